The van der Waals surface area contributed by atoms with Crippen molar-refractivity contribution >= 4 is 11.6 Å². The van der Waals surface area contributed by atoms with Crippen molar-refractivity contribution in [1.82, 2.24) is 19.6 Å². The van der Waals surface area contributed by atoms with Crippen molar-refractivity contribution in [2.45, 2.75) is 33.6 Å². The van der Waals surface area contributed by atoms with Gasteiger partial charge in [0.25, 0.3) is 5.78 Å². The second-order valence-electron chi connectivity index (χ2n) is 5.60. The summed E-state index contributed by atoms with van der Waals surface area (Å²) in [6.07, 6.45) is 3.30. The number of hydrogen-bond acceptors (Lipinski definition) is 5. The summed E-state index contributed by atoms with van der Waals surface area (Å²) < 4.78 is 1.70. The van der Waals surface area contributed by atoms with Gasteiger partial charge in [0.05, 0.1) is 0 Å². The predicted molar refractivity (Wildman–Crippen MR) is 74.1 cm³/mol. The molecule has 2 N–H and O–H groups in total. The van der Waals surface area contributed by atoms with E-state index in [4.69, 9.17) is 5.11 Å². The predicted octanol–water partition coefficient (Wildman–Crippen LogP) is 1.64. The summed E-state index contributed by atoms with van der Waals surface area (Å²) in [4.78, 5) is 8.41. The van der Waals surface area contributed by atoms with E-state index in [1.165, 1.54) is 6.33 Å². The van der Waals surface area contributed by atoms with Gasteiger partial charge in [-0.25, -0.2) is 4.98 Å². The van der Waals surface area contributed by atoms with Gasteiger partial charge in [0.15, 0.2) is 0 Å². The smallest absolute Gasteiger partial charge is 0.254 e. The Labute approximate surface area is 112 Å². The van der Waals surface area contributed by atoms with Crippen LogP contribution in [0.4, 0.5) is 5.82 Å². The summed E-state index contributed by atoms with van der Waals surface area (Å²) in [6, 6.07) is 1.96. The van der Waals surface area contributed by atoms with Crippen LogP contribution in [-0.4, -0.2) is 37.8 Å². The lowest BCUT2D eigenvalue weighted by molar-refractivity contribution is 0.247. The minimum Gasteiger partial charge on any atom is -0.396 e. The number of rotatable bonds is 6. The molecule has 2 aromatic heterocycles. The van der Waals surface area contributed by atoms with Crippen LogP contribution in [0.25, 0.3) is 5.78 Å². The minimum atomic E-state index is 0.118. The zero-order valence-corrected chi connectivity index (χ0v) is 11.7. The molecule has 6 heteroatoms. The monoisotopic (exact) mass is 263 g/mol. The largest absolute Gasteiger partial charge is 0.396 e. The number of nitrogens with one attached hydrogen (secondary N) is 1. The first kappa shape index (κ1) is 13.7. The van der Waals surface area contributed by atoms with E-state index in [1.54, 1.807) is 4.52 Å². The first-order chi connectivity index (χ1) is 9.02. The first-order valence-corrected chi connectivity index (χ1v) is 6.54. The first-order valence-electron chi connectivity index (χ1n) is 6.54. The molecule has 104 valence electrons. The third-order valence-electron chi connectivity index (χ3n) is 3.14. The number of aliphatic hydroxyl groups excluding tert-OH is 1. The molecule has 6 nitrogen and oxygen atoms in total. The summed E-state index contributed by atoms with van der Waals surface area (Å²) in [7, 11) is 0. The molecule has 0 amide bonds. The van der Waals surface area contributed by atoms with Crippen molar-refractivity contribution in [3.8, 4) is 0 Å². The SMILES string of the molecule is Cc1cc(NCC(C)(C)CCCO)n2ncnc2n1. The minimum absolute atomic E-state index is 0.118. The molecular formula is C13H21N5O. The number of fused-ring (bicyclic) bond motifs is 1. The molecule has 0 atom stereocenters. The topological polar surface area (TPSA) is 75.3 Å². The fourth-order valence-electron chi connectivity index (χ4n) is 2.03. The van der Waals surface area contributed by atoms with E-state index >= 15 is 0 Å². The van der Waals surface area contributed by atoms with Gasteiger partial charge in [-0.05, 0) is 25.2 Å². The lowest BCUT2D eigenvalue weighted by Crippen LogP contribution is -2.24. The maximum Gasteiger partial charge on any atom is 0.254 e. The van der Waals surface area contributed by atoms with Crippen molar-refractivity contribution in [3.05, 3.63) is 18.1 Å². The Morgan fingerprint density at radius 3 is 2.95 bits per heavy atom. The van der Waals surface area contributed by atoms with Gasteiger partial charge >= 0.3 is 0 Å². The lowest BCUT2D eigenvalue weighted by atomic mass is 9.88. The molecule has 0 unspecified atom stereocenters. The van der Waals surface area contributed by atoms with E-state index < -0.39 is 0 Å². The van der Waals surface area contributed by atoms with Gasteiger partial charge in [-0.3, -0.25) is 0 Å². The van der Waals surface area contributed by atoms with E-state index in [0.717, 1.165) is 30.9 Å². The molecule has 0 saturated carbocycles. The van der Waals surface area contributed by atoms with E-state index in [1.807, 2.05) is 13.0 Å². The second kappa shape index (κ2) is 5.52. The van der Waals surface area contributed by atoms with Crippen LogP contribution in [0.3, 0.4) is 0 Å². The van der Waals surface area contributed by atoms with Crippen LogP contribution in [0.2, 0.25) is 0 Å². The maximum atomic E-state index is 8.91. The lowest BCUT2D eigenvalue weighted by Gasteiger charge is -2.25. The Balaban J connectivity index is 2.11. The number of hydrogen-bond donors (Lipinski definition) is 2. The van der Waals surface area contributed by atoms with E-state index in [0.29, 0.717) is 5.78 Å². The number of aromatic nitrogens is 4. The third-order valence-corrected chi connectivity index (χ3v) is 3.14. The third kappa shape index (κ3) is 3.41. The van der Waals surface area contributed by atoms with Crippen LogP contribution in [0.1, 0.15) is 32.4 Å². The Bertz CT molecular complexity index is 549. The summed E-state index contributed by atoms with van der Waals surface area (Å²) in [5, 5.41) is 16.5. The summed E-state index contributed by atoms with van der Waals surface area (Å²) >= 11 is 0. The zero-order valence-electron chi connectivity index (χ0n) is 11.7. The Kier molecular flexibility index (Phi) is 3.99. The highest BCUT2D eigenvalue weighted by Gasteiger charge is 2.17. The molecule has 0 aliphatic carbocycles. The standard InChI is InChI=1S/C13H21N5O/c1-10-7-11(18-12(17-10)15-9-16-18)14-8-13(2,3)5-4-6-19/h7,9,14,19H,4-6,8H2,1-3H3. The average Bonchev–Trinajstić information content (AvgIpc) is 2.81. The second-order valence-corrected chi connectivity index (χ2v) is 5.60. The fraction of sp³-hybridized carbons (Fsp3) is 0.615. The normalized spacial score (nSPS) is 12.0. The van der Waals surface area contributed by atoms with Crippen LogP contribution in [0.5, 0.6) is 0 Å². The van der Waals surface area contributed by atoms with Crippen LogP contribution < -0.4 is 5.32 Å². The summed E-state index contributed by atoms with van der Waals surface area (Å²) in [5.41, 5.74) is 1.03. The molecule has 2 heterocycles. The van der Waals surface area contributed by atoms with Gasteiger partial charge in [0.1, 0.15) is 12.1 Å². The Morgan fingerprint density at radius 1 is 1.42 bits per heavy atom. The molecule has 0 aliphatic heterocycles. The van der Waals surface area contributed by atoms with Gasteiger partial charge in [0.2, 0.25) is 0 Å². The summed E-state index contributed by atoms with van der Waals surface area (Å²) in [5.74, 6) is 1.51. The highest BCUT2D eigenvalue weighted by Crippen LogP contribution is 2.23. The zero-order chi connectivity index (χ0) is 13.9. The van der Waals surface area contributed by atoms with Crippen molar-refractivity contribution in [1.29, 1.82) is 0 Å². The highest BCUT2D eigenvalue weighted by atomic mass is 16.2. The van der Waals surface area contributed by atoms with E-state index in [9.17, 15) is 0 Å². The maximum absolute atomic E-state index is 8.91. The number of nitrogens with zero attached hydrogens (tertiary/aromatic N) is 4. The Hall–Kier alpha value is -1.69. The van der Waals surface area contributed by atoms with Crippen molar-refractivity contribution in [2.24, 2.45) is 5.41 Å². The van der Waals surface area contributed by atoms with Crippen LogP contribution in [-0.2, 0) is 0 Å². The number of aryl methyl sites for hydroxylation is 1. The summed E-state index contributed by atoms with van der Waals surface area (Å²) in [6.45, 7) is 7.36. The molecule has 19 heavy (non-hydrogen) atoms. The van der Waals surface area contributed by atoms with E-state index in [2.05, 4.69) is 34.2 Å². The molecule has 0 fully saturated rings. The molecule has 0 saturated heterocycles. The van der Waals surface area contributed by atoms with Gasteiger partial charge in [-0.15, -0.1) is 0 Å². The number of anilines is 1. The molecule has 2 aromatic rings. The average molecular weight is 263 g/mol. The molecule has 0 aliphatic rings. The van der Waals surface area contributed by atoms with Gasteiger partial charge in [0, 0.05) is 24.9 Å². The highest BCUT2D eigenvalue weighted by molar-refractivity contribution is 5.44. The molecule has 0 aromatic carbocycles. The van der Waals surface area contributed by atoms with Crippen LogP contribution in [0.15, 0.2) is 12.4 Å². The van der Waals surface area contributed by atoms with Crippen molar-refractivity contribution in [2.75, 3.05) is 18.5 Å². The van der Waals surface area contributed by atoms with Gasteiger partial charge in [-0.2, -0.15) is 14.6 Å². The van der Waals surface area contributed by atoms with Crippen LogP contribution in [0, 0.1) is 12.3 Å². The fourth-order valence-corrected chi connectivity index (χ4v) is 2.03. The molecule has 0 radical (unpaired) electrons. The molecule has 0 bridgehead atoms. The van der Waals surface area contributed by atoms with Crippen molar-refractivity contribution < 1.29 is 5.11 Å². The number of aliphatic hydroxyl groups is 1. The quantitative estimate of drug-likeness (QED) is 0.828. The molecule has 2 rings (SSSR count). The van der Waals surface area contributed by atoms with E-state index in [-0.39, 0.29) is 12.0 Å². The Morgan fingerprint density at radius 2 is 2.21 bits per heavy atom. The van der Waals surface area contributed by atoms with Crippen LogP contribution >= 0.6 is 0 Å². The van der Waals surface area contributed by atoms with Gasteiger partial charge < -0.3 is 10.4 Å². The van der Waals surface area contributed by atoms with Gasteiger partial charge in [-0.1, -0.05) is 13.8 Å². The molecular weight excluding hydrogens is 242 g/mol. The molecule has 0 spiro atoms. The van der Waals surface area contributed by atoms with Crippen molar-refractivity contribution in [3.63, 3.8) is 0 Å².